The zero-order valence-electron chi connectivity index (χ0n) is 16.0. The van der Waals surface area contributed by atoms with Crippen molar-refractivity contribution in [2.24, 2.45) is 0 Å². The first-order valence-electron chi connectivity index (χ1n) is 8.82. The third kappa shape index (κ3) is 4.76. The summed E-state index contributed by atoms with van der Waals surface area (Å²) in [6.07, 6.45) is 0. The van der Waals surface area contributed by atoms with Crippen LogP contribution in [-0.4, -0.2) is 35.4 Å². The topological polar surface area (TPSA) is 52.7 Å². The Bertz CT molecular complexity index is 985. The van der Waals surface area contributed by atoms with Crippen LogP contribution in [0.5, 0.6) is 11.5 Å². The third-order valence-electron chi connectivity index (χ3n) is 4.05. The van der Waals surface area contributed by atoms with Gasteiger partial charge in [0.05, 0.1) is 20.4 Å². The van der Waals surface area contributed by atoms with E-state index in [9.17, 15) is 4.39 Å². The van der Waals surface area contributed by atoms with Crippen molar-refractivity contribution in [1.82, 2.24) is 14.7 Å². The molecule has 0 saturated carbocycles. The molecule has 28 heavy (non-hydrogen) atoms. The number of rotatable bonds is 8. The zero-order chi connectivity index (χ0) is 20.1. The molecule has 0 fully saturated rings. The molecule has 0 unspecified atom stereocenters. The lowest BCUT2D eigenvalue weighted by Crippen LogP contribution is -2.22. The van der Waals surface area contributed by atoms with Crippen molar-refractivity contribution in [2.75, 3.05) is 20.8 Å². The lowest BCUT2D eigenvalue weighted by Gasteiger charge is -2.17. The number of methoxy groups -OCH3 is 1. The average molecular weight is 403 g/mol. The summed E-state index contributed by atoms with van der Waals surface area (Å²) in [5, 5.41) is 4.40. The Balaban J connectivity index is 1.70. The molecule has 2 aromatic carbocycles. The summed E-state index contributed by atoms with van der Waals surface area (Å²) in [4.78, 5) is 2.30. The number of hydrogen-bond acceptors (Lipinski definition) is 6. The molecule has 0 amide bonds. The molecule has 0 aliphatic carbocycles. The summed E-state index contributed by atoms with van der Waals surface area (Å²) in [7, 11) is 3.58. The molecule has 0 aliphatic heterocycles. The molecule has 0 spiro atoms. The van der Waals surface area contributed by atoms with Crippen LogP contribution in [0.2, 0.25) is 0 Å². The minimum Gasteiger partial charge on any atom is -0.493 e. The van der Waals surface area contributed by atoms with Gasteiger partial charge in [0.1, 0.15) is 5.82 Å². The van der Waals surface area contributed by atoms with Gasteiger partial charge in [-0.1, -0.05) is 6.07 Å². The van der Waals surface area contributed by atoms with Gasteiger partial charge in [0.15, 0.2) is 11.5 Å². The summed E-state index contributed by atoms with van der Waals surface area (Å²) >= 11 is 5.26. The van der Waals surface area contributed by atoms with Gasteiger partial charge in [-0.2, -0.15) is 0 Å². The molecular formula is C20H22FN3O3S. The quantitative estimate of drug-likeness (QED) is 0.516. The fourth-order valence-electron chi connectivity index (χ4n) is 2.78. The highest BCUT2D eigenvalue weighted by atomic mass is 32.1. The monoisotopic (exact) mass is 403 g/mol. The van der Waals surface area contributed by atoms with E-state index in [2.05, 4.69) is 5.10 Å². The largest absolute Gasteiger partial charge is 0.493 e. The van der Waals surface area contributed by atoms with Crippen molar-refractivity contribution >= 4 is 12.2 Å². The number of nitrogens with zero attached hydrogens (tertiary/aromatic N) is 3. The predicted octanol–water partition coefficient (Wildman–Crippen LogP) is 4.51. The molecule has 8 heteroatoms. The lowest BCUT2D eigenvalue weighted by molar-refractivity contribution is 0.240. The van der Waals surface area contributed by atoms with E-state index in [0.717, 1.165) is 11.3 Å². The lowest BCUT2D eigenvalue weighted by atomic mass is 10.2. The second-order valence-electron chi connectivity index (χ2n) is 6.25. The second-order valence-corrected chi connectivity index (χ2v) is 6.60. The average Bonchev–Trinajstić information content (AvgIpc) is 3.04. The molecule has 1 heterocycles. The Labute approximate surface area is 168 Å². The van der Waals surface area contributed by atoms with E-state index in [4.69, 9.17) is 26.1 Å². The standard InChI is InChI=1S/C20H22FN3O3S/c1-4-26-17-10-5-14(11-18(17)25-3)12-23(2)13-24-20(28)27-19(22-24)15-6-8-16(21)9-7-15/h5-11H,4,12-13H2,1-3H3. The van der Waals surface area contributed by atoms with Crippen LogP contribution >= 0.6 is 12.2 Å². The van der Waals surface area contributed by atoms with E-state index >= 15 is 0 Å². The fraction of sp³-hybridized carbons (Fsp3) is 0.300. The number of halogens is 1. The zero-order valence-corrected chi connectivity index (χ0v) is 16.8. The highest BCUT2D eigenvalue weighted by Crippen LogP contribution is 2.28. The molecule has 0 atom stereocenters. The van der Waals surface area contributed by atoms with Crippen molar-refractivity contribution in [3.8, 4) is 23.0 Å². The van der Waals surface area contributed by atoms with Crippen LogP contribution in [0.1, 0.15) is 12.5 Å². The highest BCUT2D eigenvalue weighted by molar-refractivity contribution is 7.71. The van der Waals surface area contributed by atoms with Gasteiger partial charge in [-0.05, 0) is 68.2 Å². The molecule has 3 rings (SSSR count). The molecule has 0 N–H and O–H groups in total. The summed E-state index contributed by atoms with van der Waals surface area (Å²) in [6.45, 7) is 3.61. The minimum absolute atomic E-state index is 0.260. The molecule has 6 nitrogen and oxygen atoms in total. The van der Waals surface area contributed by atoms with E-state index in [-0.39, 0.29) is 10.7 Å². The number of ether oxygens (including phenoxy) is 2. The van der Waals surface area contributed by atoms with E-state index in [1.165, 1.54) is 12.1 Å². The SMILES string of the molecule is CCOc1ccc(CN(C)Cn2nc(-c3ccc(F)cc3)oc2=S)cc1OC. The van der Waals surface area contributed by atoms with Crippen molar-refractivity contribution in [3.63, 3.8) is 0 Å². The Morgan fingerprint density at radius 1 is 1.18 bits per heavy atom. The van der Waals surface area contributed by atoms with Crippen LogP contribution in [0.4, 0.5) is 4.39 Å². The van der Waals surface area contributed by atoms with E-state index in [1.54, 1.807) is 23.9 Å². The molecule has 148 valence electrons. The van der Waals surface area contributed by atoms with Gasteiger partial charge in [-0.25, -0.2) is 9.07 Å². The summed E-state index contributed by atoms with van der Waals surface area (Å²) in [6, 6.07) is 11.8. The van der Waals surface area contributed by atoms with Crippen LogP contribution in [0.15, 0.2) is 46.9 Å². The van der Waals surface area contributed by atoms with Crippen molar-refractivity contribution in [3.05, 3.63) is 58.7 Å². The van der Waals surface area contributed by atoms with Crippen molar-refractivity contribution in [2.45, 2.75) is 20.1 Å². The first-order chi connectivity index (χ1) is 13.5. The summed E-state index contributed by atoms with van der Waals surface area (Å²) in [5.41, 5.74) is 1.74. The van der Waals surface area contributed by atoms with Gasteiger partial charge in [0.25, 0.3) is 4.84 Å². The molecule has 0 bridgehead atoms. The van der Waals surface area contributed by atoms with E-state index < -0.39 is 0 Å². The number of aromatic nitrogens is 2. The Morgan fingerprint density at radius 2 is 1.93 bits per heavy atom. The van der Waals surface area contributed by atoms with Gasteiger partial charge >= 0.3 is 0 Å². The van der Waals surface area contributed by atoms with Crippen LogP contribution in [0, 0.1) is 10.7 Å². The fourth-order valence-corrected chi connectivity index (χ4v) is 2.96. The smallest absolute Gasteiger partial charge is 0.288 e. The van der Waals surface area contributed by atoms with E-state index in [1.807, 2.05) is 37.1 Å². The van der Waals surface area contributed by atoms with Crippen LogP contribution in [0.3, 0.4) is 0 Å². The van der Waals surface area contributed by atoms with Crippen molar-refractivity contribution < 1.29 is 18.3 Å². The maximum atomic E-state index is 13.1. The Hall–Kier alpha value is -2.71. The molecule has 3 aromatic rings. The maximum Gasteiger partial charge on any atom is 0.288 e. The molecular weight excluding hydrogens is 381 g/mol. The first-order valence-corrected chi connectivity index (χ1v) is 9.23. The Kier molecular flexibility index (Phi) is 6.43. The first kappa shape index (κ1) is 20.0. The normalized spacial score (nSPS) is 11.0. The second kappa shape index (κ2) is 8.99. The van der Waals surface area contributed by atoms with Gasteiger partial charge in [-0.15, -0.1) is 5.10 Å². The van der Waals surface area contributed by atoms with Gasteiger partial charge in [0.2, 0.25) is 5.89 Å². The summed E-state index contributed by atoms with van der Waals surface area (Å²) in [5.74, 6) is 1.47. The third-order valence-corrected chi connectivity index (χ3v) is 4.35. The van der Waals surface area contributed by atoms with Gasteiger partial charge < -0.3 is 13.9 Å². The number of benzene rings is 2. The number of hydrogen-bond donors (Lipinski definition) is 0. The molecule has 0 radical (unpaired) electrons. The van der Waals surface area contributed by atoms with Crippen LogP contribution in [0.25, 0.3) is 11.5 Å². The Morgan fingerprint density at radius 3 is 2.61 bits per heavy atom. The van der Waals surface area contributed by atoms with Gasteiger partial charge in [0, 0.05) is 12.1 Å². The van der Waals surface area contributed by atoms with E-state index in [0.29, 0.717) is 37.0 Å². The maximum absolute atomic E-state index is 13.1. The molecule has 0 saturated heterocycles. The van der Waals surface area contributed by atoms with Crippen LogP contribution < -0.4 is 9.47 Å². The van der Waals surface area contributed by atoms with Crippen molar-refractivity contribution in [1.29, 1.82) is 0 Å². The van der Waals surface area contributed by atoms with Gasteiger partial charge in [-0.3, -0.25) is 4.90 Å². The minimum atomic E-state index is -0.313. The summed E-state index contributed by atoms with van der Waals surface area (Å²) < 4.78 is 31.2. The molecule has 0 aliphatic rings. The molecule has 1 aromatic heterocycles. The predicted molar refractivity (Wildman–Crippen MR) is 106 cm³/mol. The highest BCUT2D eigenvalue weighted by Gasteiger charge is 2.12. The van der Waals surface area contributed by atoms with Crippen LogP contribution in [-0.2, 0) is 13.2 Å².